The summed E-state index contributed by atoms with van der Waals surface area (Å²) < 4.78 is 0. The molecule has 0 bridgehead atoms. The van der Waals surface area contributed by atoms with Crippen molar-refractivity contribution in [2.75, 3.05) is 0 Å². The van der Waals surface area contributed by atoms with Crippen LogP contribution in [0.3, 0.4) is 0 Å². The Morgan fingerprint density at radius 3 is 1.70 bits per heavy atom. The summed E-state index contributed by atoms with van der Waals surface area (Å²) in [5.41, 5.74) is 11.8. The molecule has 0 radical (unpaired) electrons. The van der Waals surface area contributed by atoms with Gasteiger partial charge in [-0.25, -0.2) is 0 Å². The van der Waals surface area contributed by atoms with Crippen molar-refractivity contribution >= 4 is 32.3 Å². The van der Waals surface area contributed by atoms with Crippen LogP contribution in [0.5, 0.6) is 0 Å². The van der Waals surface area contributed by atoms with Crippen LogP contribution in [0.25, 0.3) is 76.8 Å². The second-order valence-electron chi connectivity index (χ2n) is 10.2. The standard InChI is InChI=1S/C37H24/c1-23-19-20-26-31(21-23)29-17-10-18-30-36(29)32(26)22-33-34(24-11-4-2-5-12-24)27-15-8-9-16-28(27)35(37(30)33)25-13-6-3-7-14-25/h2-22H,1H3. The largest absolute Gasteiger partial charge is 0.0622 e. The van der Waals surface area contributed by atoms with E-state index in [9.17, 15) is 0 Å². The van der Waals surface area contributed by atoms with Gasteiger partial charge in [0.1, 0.15) is 0 Å². The fourth-order valence-corrected chi connectivity index (χ4v) is 6.52. The van der Waals surface area contributed by atoms with Gasteiger partial charge in [-0.1, -0.05) is 127 Å². The summed E-state index contributed by atoms with van der Waals surface area (Å²) in [6.07, 6.45) is 0. The highest BCUT2D eigenvalue weighted by molar-refractivity contribution is 6.32. The zero-order chi connectivity index (χ0) is 24.5. The van der Waals surface area contributed by atoms with Gasteiger partial charge in [0, 0.05) is 0 Å². The van der Waals surface area contributed by atoms with Gasteiger partial charge in [-0.3, -0.25) is 0 Å². The highest BCUT2D eigenvalue weighted by atomic mass is 14.3. The molecule has 8 rings (SSSR count). The highest BCUT2D eigenvalue weighted by Gasteiger charge is 2.26. The predicted molar refractivity (Wildman–Crippen MR) is 159 cm³/mol. The van der Waals surface area contributed by atoms with Gasteiger partial charge in [0.15, 0.2) is 0 Å². The van der Waals surface area contributed by atoms with Crippen molar-refractivity contribution in [1.82, 2.24) is 0 Å². The Morgan fingerprint density at radius 2 is 0.973 bits per heavy atom. The van der Waals surface area contributed by atoms with Crippen LogP contribution in [0.2, 0.25) is 0 Å². The van der Waals surface area contributed by atoms with E-state index >= 15 is 0 Å². The van der Waals surface area contributed by atoms with Crippen LogP contribution < -0.4 is 0 Å². The quantitative estimate of drug-likeness (QED) is 0.175. The van der Waals surface area contributed by atoms with Crippen LogP contribution in [-0.4, -0.2) is 0 Å². The number of fused-ring (bicyclic) bond motifs is 6. The number of hydrogen-bond acceptors (Lipinski definition) is 0. The Balaban J connectivity index is 1.68. The molecule has 1 aliphatic rings. The summed E-state index contributed by atoms with van der Waals surface area (Å²) in [5, 5.41) is 7.96. The van der Waals surface area contributed by atoms with Crippen LogP contribution in [0.4, 0.5) is 0 Å². The van der Waals surface area contributed by atoms with Crippen LogP contribution in [0, 0.1) is 6.92 Å². The molecule has 0 aromatic heterocycles. The van der Waals surface area contributed by atoms with E-state index in [1.165, 1.54) is 82.4 Å². The Kier molecular flexibility index (Phi) is 4.24. The smallest absolute Gasteiger partial charge is 0.00134 e. The fourth-order valence-electron chi connectivity index (χ4n) is 6.52. The Morgan fingerprint density at radius 1 is 0.351 bits per heavy atom. The molecule has 1 aliphatic carbocycles. The van der Waals surface area contributed by atoms with E-state index in [0.29, 0.717) is 0 Å². The highest BCUT2D eigenvalue weighted by Crippen LogP contribution is 2.53. The summed E-state index contributed by atoms with van der Waals surface area (Å²) in [5.74, 6) is 0. The molecule has 0 N–H and O–H groups in total. The lowest BCUT2D eigenvalue weighted by molar-refractivity contribution is 1.48. The van der Waals surface area contributed by atoms with E-state index in [1.807, 2.05) is 0 Å². The summed E-state index contributed by atoms with van der Waals surface area (Å²) in [6.45, 7) is 2.19. The lowest BCUT2D eigenvalue weighted by atomic mass is 9.83. The van der Waals surface area contributed by atoms with E-state index in [4.69, 9.17) is 0 Å². The average Bonchev–Trinajstić information content (AvgIpc) is 3.26. The van der Waals surface area contributed by atoms with Crippen LogP contribution in [-0.2, 0) is 0 Å². The van der Waals surface area contributed by atoms with Crippen molar-refractivity contribution in [3.05, 3.63) is 133 Å². The molecule has 7 aromatic rings. The first-order valence-electron chi connectivity index (χ1n) is 13.0. The number of benzene rings is 7. The van der Waals surface area contributed by atoms with Gasteiger partial charge in [0.2, 0.25) is 0 Å². The molecule has 0 aliphatic heterocycles. The molecule has 0 atom stereocenters. The molecule has 0 saturated heterocycles. The first kappa shape index (κ1) is 20.5. The molecule has 37 heavy (non-hydrogen) atoms. The number of aryl methyl sites for hydroxylation is 1. The normalized spacial score (nSPS) is 11.9. The van der Waals surface area contributed by atoms with Crippen molar-refractivity contribution in [1.29, 1.82) is 0 Å². The van der Waals surface area contributed by atoms with Crippen LogP contribution in [0.1, 0.15) is 5.56 Å². The molecule has 7 aromatic carbocycles. The molecule has 0 amide bonds. The fraction of sp³-hybridized carbons (Fsp3) is 0.0270. The SMILES string of the molecule is Cc1ccc2c(c1)-c1cccc3c1c-2cc1c(-c2ccccc2)c2ccccc2c(-c2ccccc2)c13. The minimum atomic E-state index is 1.26. The molecule has 0 spiro atoms. The molecule has 172 valence electrons. The lowest BCUT2D eigenvalue weighted by Gasteiger charge is -2.20. The maximum atomic E-state index is 2.48. The summed E-state index contributed by atoms with van der Waals surface area (Å²) in [7, 11) is 0. The summed E-state index contributed by atoms with van der Waals surface area (Å²) in [4.78, 5) is 0. The zero-order valence-corrected chi connectivity index (χ0v) is 20.6. The van der Waals surface area contributed by atoms with Gasteiger partial charge >= 0.3 is 0 Å². The van der Waals surface area contributed by atoms with Crippen molar-refractivity contribution < 1.29 is 0 Å². The molecule has 0 heterocycles. The third-order valence-corrected chi connectivity index (χ3v) is 8.03. The van der Waals surface area contributed by atoms with Crippen molar-refractivity contribution in [2.45, 2.75) is 6.92 Å². The molecule has 0 saturated carbocycles. The van der Waals surface area contributed by atoms with E-state index in [0.717, 1.165) is 0 Å². The number of hydrogen-bond donors (Lipinski definition) is 0. The second kappa shape index (κ2) is 7.66. The Hall–Kier alpha value is -4.68. The summed E-state index contributed by atoms with van der Waals surface area (Å²) >= 11 is 0. The first-order chi connectivity index (χ1) is 18.3. The van der Waals surface area contributed by atoms with E-state index in [-0.39, 0.29) is 0 Å². The van der Waals surface area contributed by atoms with Crippen LogP contribution >= 0.6 is 0 Å². The van der Waals surface area contributed by atoms with Crippen molar-refractivity contribution in [2.24, 2.45) is 0 Å². The molecular formula is C37H24. The molecule has 0 unspecified atom stereocenters. The van der Waals surface area contributed by atoms with Gasteiger partial charge in [-0.2, -0.15) is 0 Å². The average molecular weight is 469 g/mol. The van der Waals surface area contributed by atoms with Crippen LogP contribution in [0.15, 0.2) is 127 Å². The van der Waals surface area contributed by atoms with Gasteiger partial charge in [0.05, 0.1) is 0 Å². The molecule has 0 nitrogen and oxygen atoms in total. The van der Waals surface area contributed by atoms with Gasteiger partial charge in [0.25, 0.3) is 0 Å². The van der Waals surface area contributed by atoms with Gasteiger partial charge in [-0.05, 0) is 89.8 Å². The minimum Gasteiger partial charge on any atom is -0.0622 e. The molecule has 0 fully saturated rings. The third kappa shape index (κ3) is 2.84. The van der Waals surface area contributed by atoms with Crippen molar-refractivity contribution in [3.8, 4) is 44.5 Å². The monoisotopic (exact) mass is 468 g/mol. The van der Waals surface area contributed by atoms with E-state index in [2.05, 4.69) is 134 Å². The third-order valence-electron chi connectivity index (χ3n) is 8.03. The van der Waals surface area contributed by atoms with E-state index in [1.54, 1.807) is 0 Å². The lowest BCUT2D eigenvalue weighted by Crippen LogP contribution is -1.92. The van der Waals surface area contributed by atoms with Gasteiger partial charge in [-0.15, -0.1) is 0 Å². The van der Waals surface area contributed by atoms with Crippen molar-refractivity contribution in [3.63, 3.8) is 0 Å². The predicted octanol–water partition coefficient (Wildman–Crippen LogP) is 10.4. The van der Waals surface area contributed by atoms with E-state index < -0.39 is 0 Å². The summed E-state index contributed by atoms with van der Waals surface area (Å²) in [6, 6.07) is 47.0. The first-order valence-corrected chi connectivity index (χ1v) is 13.0. The van der Waals surface area contributed by atoms with Gasteiger partial charge < -0.3 is 0 Å². The maximum Gasteiger partial charge on any atom is -0.00134 e. The second-order valence-corrected chi connectivity index (χ2v) is 10.2. The topological polar surface area (TPSA) is 0 Å². The Labute approximate surface area is 216 Å². The number of rotatable bonds is 2. The molecular weight excluding hydrogens is 444 g/mol. The zero-order valence-electron chi connectivity index (χ0n) is 20.6. The molecule has 0 heteroatoms. The minimum absolute atomic E-state index is 1.26. The Bertz CT molecular complexity index is 2010. The maximum absolute atomic E-state index is 2.48.